The van der Waals surface area contributed by atoms with Crippen LogP contribution in [-0.2, 0) is 9.59 Å². The van der Waals surface area contributed by atoms with Gasteiger partial charge in [0.05, 0.1) is 0 Å². The Labute approximate surface area is 217 Å². The molecule has 0 bridgehead atoms. The van der Waals surface area contributed by atoms with Gasteiger partial charge in [0.2, 0.25) is 11.8 Å². The van der Waals surface area contributed by atoms with Crippen molar-refractivity contribution < 1.29 is 9.59 Å². The predicted octanol–water partition coefficient (Wildman–Crippen LogP) is 5.18. The van der Waals surface area contributed by atoms with E-state index in [-0.39, 0.29) is 29.2 Å². The van der Waals surface area contributed by atoms with Gasteiger partial charge in [-0.25, -0.2) is 4.99 Å². The van der Waals surface area contributed by atoms with Gasteiger partial charge in [-0.1, -0.05) is 32.9 Å². The van der Waals surface area contributed by atoms with Gasteiger partial charge in [0.1, 0.15) is 11.9 Å². The van der Waals surface area contributed by atoms with E-state index >= 15 is 0 Å². The Morgan fingerprint density at radius 3 is 2.74 bits per heavy atom. The second-order valence-corrected chi connectivity index (χ2v) is 10.6. The molecule has 0 aromatic carbocycles. The zero-order valence-electron chi connectivity index (χ0n) is 21.1. The average Bonchev–Trinajstić information content (AvgIpc) is 3.63. The number of amides is 2. The lowest BCUT2D eigenvalue weighted by Crippen LogP contribution is -2.53. The number of aromatic nitrogens is 1. The molecule has 3 unspecified atom stereocenters. The van der Waals surface area contributed by atoms with Crippen molar-refractivity contribution in [2.45, 2.75) is 77.3 Å². The molecule has 0 radical (unpaired) electrons. The van der Waals surface area contributed by atoms with E-state index in [9.17, 15) is 9.59 Å². The maximum Gasteiger partial charge on any atom is 0.243 e. The summed E-state index contributed by atoms with van der Waals surface area (Å²) < 4.78 is 0.905. The number of rotatable bonds is 11. The van der Waals surface area contributed by atoms with Crippen LogP contribution >= 0.6 is 15.9 Å². The first-order valence-corrected chi connectivity index (χ1v) is 13.1. The Bertz CT molecular complexity index is 1030. The molecule has 35 heavy (non-hydrogen) atoms. The van der Waals surface area contributed by atoms with Crippen LogP contribution in [0.15, 0.2) is 64.2 Å². The Balaban J connectivity index is 1.79. The molecule has 0 saturated heterocycles. The van der Waals surface area contributed by atoms with Crippen molar-refractivity contribution in [3.63, 3.8) is 0 Å². The summed E-state index contributed by atoms with van der Waals surface area (Å²) in [5.41, 5.74) is 1.41. The van der Waals surface area contributed by atoms with E-state index in [1.807, 2.05) is 50.1 Å². The van der Waals surface area contributed by atoms with Crippen LogP contribution in [-0.4, -0.2) is 39.5 Å². The number of carbonyl (C=O) groups excluding carboxylic acids is 2. The summed E-state index contributed by atoms with van der Waals surface area (Å²) in [7, 11) is 0. The van der Waals surface area contributed by atoms with Crippen molar-refractivity contribution in [3.05, 3.63) is 64.9 Å². The van der Waals surface area contributed by atoms with Crippen LogP contribution in [0.3, 0.4) is 0 Å². The fourth-order valence-electron chi connectivity index (χ4n) is 3.88. The standard InChI is InChI=1S/C27H36BrN5O2/c1-6-8-10-20(33-14-9-13-29-18(33)3)15-24(26(35)32-27(4,5)7-2)31-25(34)22-16-21(22)23-12-11-19(28)17-30-23/h9-14,17,21-22,24H,3,6-8,15-16H2,1-2,4-5H3,(H,31,34)(H,32,35)/b20-10-. The first-order valence-electron chi connectivity index (χ1n) is 12.3. The zero-order valence-corrected chi connectivity index (χ0v) is 22.6. The molecule has 2 aliphatic rings. The van der Waals surface area contributed by atoms with Gasteiger partial charge in [0, 0.05) is 58.3 Å². The van der Waals surface area contributed by atoms with Crippen molar-refractivity contribution in [1.29, 1.82) is 0 Å². The summed E-state index contributed by atoms with van der Waals surface area (Å²) >= 11 is 3.40. The highest BCUT2D eigenvalue weighted by atomic mass is 79.9. The summed E-state index contributed by atoms with van der Waals surface area (Å²) in [6.07, 6.45) is 12.9. The summed E-state index contributed by atoms with van der Waals surface area (Å²) in [6.45, 7) is 12.1. The largest absolute Gasteiger partial charge is 0.349 e. The molecule has 1 aliphatic heterocycles. The number of aliphatic imine (C=N–C) groups is 1. The van der Waals surface area contributed by atoms with E-state index in [1.54, 1.807) is 12.4 Å². The lowest BCUT2D eigenvalue weighted by molar-refractivity contribution is -0.130. The zero-order chi connectivity index (χ0) is 25.6. The number of halogens is 1. The van der Waals surface area contributed by atoms with E-state index in [0.29, 0.717) is 12.2 Å². The Morgan fingerprint density at radius 1 is 1.34 bits per heavy atom. The summed E-state index contributed by atoms with van der Waals surface area (Å²) in [6, 6.07) is 3.16. The minimum absolute atomic E-state index is 0.0770. The molecule has 2 amide bonds. The van der Waals surface area contributed by atoms with Crippen LogP contribution in [0.2, 0.25) is 0 Å². The molecule has 7 nitrogen and oxygen atoms in total. The maximum atomic E-state index is 13.4. The molecule has 188 valence electrons. The number of hydrogen-bond donors (Lipinski definition) is 2. The van der Waals surface area contributed by atoms with Crippen molar-refractivity contribution in [2.24, 2.45) is 10.9 Å². The van der Waals surface area contributed by atoms with E-state index in [4.69, 9.17) is 0 Å². The molecule has 2 heterocycles. The third kappa shape index (κ3) is 7.37. The molecule has 0 spiro atoms. The second kappa shape index (κ2) is 11.8. The first-order chi connectivity index (χ1) is 16.6. The molecular formula is C27H36BrN5O2. The van der Waals surface area contributed by atoms with Gasteiger partial charge in [-0.05, 0) is 67.2 Å². The van der Waals surface area contributed by atoms with Gasteiger partial charge in [0.15, 0.2) is 0 Å². The van der Waals surface area contributed by atoms with E-state index in [1.165, 1.54) is 0 Å². The fourth-order valence-corrected chi connectivity index (χ4v) is 4.11. The van der Waals surface area contributed by atoms with Crippen molar-refractivity contribution in [2.75, 3.05) is 0 Å². The number of nitrogens with one attached hydrogen (secondary N) is 2. The van der Waals surface area contributed by atoms with E-state index in [2.05, 4.69) is 56.1 Å². The van der Waals surface area contributed by atoms with Crippen molar-refractivity contribution in [1.82, 2.24) is 20.5 Å². The minimum Gasteiger partial charge on any atom is -0.349 e. The number of nitrogens with zero attached hydrogens (tertiary/aromatic N) is 3. The lowest BCUT2D eigenvalue weighted by atomic mass is 10.00. The summed E-state index contributed by atoms with van der Waals surface area (Å²) in [4.78, 5) is 37.3. The molecular weight excluding hydrogens is 506 g/mol. The number of pyridine rings is 1. The van der Waals surface area contributed by atoms with Crippen LogP contribution in [0, 0.1) is 5.92 Å². The smallest absolute Gasteiger partial charge is 0.243 e. The number of hydrogen-bond acceptors (Lipinski definition) is 5. The molecule has 1 saturated carbocycles. The Kier molecular flexibility index (Phi) is 9.05. The average molecular weight is 543 g/mol. The van der Waals surface area contributed by atoms with Crippen LogP contribution < -0.4 is 10.6 Å². The molecule has 2 N–H and O–H groups in total. The number of carbonyl (C=O) groups is 2. The van der Waals surface area contributed by atoms with Gasteiger partial charge in [-0.2, -0.15) is 0 Å². The second-order valence-electron chi connectivity index (χ2n) is 9.73. The van der Waals surface area contributed by atoms with Gasteiger partial charge < -0.3 is 15.5 Å². The van der Waals surface area contributed by atoms with Gasteiger partial charge in [0.25, 0.3) is 0 Å². The third-order valence-electron chi connectivity index (χ3n) is 6.45. The van der Waals surface area contributed by atoms with Gasteiger partial charge in [-0.3, -0.25) is 14.6 Å². The van der Waals surface area contributed by atoms with Crippen molar-refractivity contribution >= 4 is 34.0 Å². The summed E-state index contributed by atoms with van der Waals surface area (Å²) in [5, 5.41) is 6.16. The molecule has 3 rings (SSSR count). The minimum atomic E-state index is -0.720. The number of unbranched alkanes of at least 4 members (excludes halogenated alkanes) is 1. The normalized spacial score (nSPS) is 20.5. The van der Waals surface area contributed by atoms with E-state index < -0.39 is 6.04 Å². The highest BCUT2D eigenvalue weighted by molar-refractivity contribution is 9.10. The Hall–Kier alpha value is -2.74. The first kappa shape index (κ1) is 26.9. The van der Waals surface area contributed by atoms with Crippen LogP contribution in [0.25, 0.3) is 0 Å². The van der Waals surface area contributed by atoms with Crippen LogP contribution in [0.1, 0.15) is 71.4 Å². The quantitative estimate of drug-likeness (QED) is 0.404. The highest BCUT2D eigenvalue weighted by Crippen LogP contribution is 2.47. The van der Waals surface area contributed by atoms with Crippen molar-refractivity contribution in [3.8, 4) is 0 Å². The molecule has 1 aromatic rings. The highest BCUT2D eigenvalue weighted by Gasteiger charge is 2.46. The van der Waals surface area contributed by atoms with E-state index in [0.717, 1.165) is 41.5 Å². The topological polar surface area (TPSA) is 86.7 Å². The summed E-state index contributed by atoms with van der Waals surface area (Å²) in [5.74, 6) is 0.165. The Morgan fingerprint density at radius 2 is 2.11 bits per heavy atom. The predicted molar refractivity (Wildman–Crippen MR) is 143 cm³/mol. The fraction of sp³-hybridized carbons (Fsp3) is 0.481. The molecule has 1 aromatic heterocycles. The maximum absolute atomic E-state index is 13.4. The third-order valence-corrected chi connectivity index (χ3v) is 6.92. The SMILES string of the molecule is C=C1N=CC=CN1/C(=C\CCC)CC(NC(=O)C1CC1c1ccc(Br)cn1)C(=O)NC(C)(C)CC. The monoisotopic (exact) mass is 541 g/mol. The number of allylic oxidation sites excluding steroid dienone is 2. The van der Waals surface area contributed by atoms with Crippen LogP contribution in [0.5, 0.6) is 0 Å². The van der Waals surface area contributed by atoms with Crippen LogP contribution in [0.4, 0.5) is 0 Å². The van der Waals surface area contributed by atoms with Gasteiger partial charge in [-0.15, -0.1) is 0 Å². The molecule has 1 aliphatic carbocycles. The van der Waals surface area contributed by atoms with Gasteiger partial charge >= 0.3 is 0 Å². The lowest BCUT2D eigenvalue weighted by Gasteiger charge is -2.31. The molecule has 8 heteroatoms. The molecule has 1 fully saturated rings. The molecule has 3 atom stereocenters.